The smallest absolute Gasteiger partial charge is 0.0966 e. The summed E-state index contributed by atoms with van der Waals surface area (Å²) >= 11 is 0. The van der Waals surface area contributed by atoms with E-state index in [0.29, 0.717) is 0 Å². The monoisotopic (exact) mass is 141 g/mol. The van der Waals surface area contributed by atoms with Crippen LogP contribution in [0.25, 0.3) is 0 Å². The Balaban J connectivity index is 2.16. The molecule has 0 aromatic carbocycles. The third-order valence-corrected chi connectivity index (χ3v) is 2.20. The predicted molar refractivity (Wildman–Crippen MR) is 42.6 cm³/mol. The normalized spacial score (nSPS) is 23.7. The topological polar surface area (TPSA) is 9.23 Å². The number of ether oxygens (including phenoxy) is 1. The molecule has 1 rings (SSSR count). The van der Waals surface area contributed by atoms with Crippen LogP contribution in [0.15, 0.2) is 0 Å². The molecule has 0 unspecified atom stereocenters. The molecule has 1 heteroatoms. The van der Waals surface area contributed by atoms with Gasteiger partial charge in [0.2, 0.25) is 0 Å². The summed E-state index contributed by atoms with van der Waals surface area (Å²) in [7, 11) is 1.80. The van der Waals surface area contributed by atoms with Gasteiger partial charge < -0.3 is 4.74 Å². The van der Waals surface area contributed by atoms with E-state index < -0.39 is 0 Å². The summed E-state index contributed by atoms with van der Waals surface area (Å²) in [5, 5.41) is 0. The zero-order valence-electron chi connectivity index (χ0n) is 6.86. The van der Waals surface area contributed by atoms with Crippen LogP contribution in [-0.4, -0.2) is 7.11 Å². The first kappa shape index (κ1) is 8.06. The molecule has 0 saturated heterocycles. The van der Waals surface area contributed by atoms with Gasteiger partial charge in [0.25, 0.3) is 0 Å². The molecule has 0 aromatic heterocycles. The van der Waals surface area contributed by atoms with Crippen molar-refractivity contribution in [2.45, 2.75) is 44.9 Å². The average molecular weight is 141 g/mol. The first-order valence-corrected chi connectivity index (χ1v) is 4.32. The van der Waals surface area contributed by atoms with Crippen LogP contribution < -0.4 is 0 Å². The van der Waals surface area contributed by atoms with Gasteiger partial charge in [0.05, 0.1) is 6.10 Å². The summed E-state index contributed by atoms with van der Waals surface area (Å²) in [4.78, 5) is 0. The van der Waals surface area contributed by atoms with Crippen LogP contribution in [0.2, 0.25) is 0 Å². The maximum atomic E-state index is 5.24. The molecule has 0 amide bonds. The van der Waals surface area contributed by atoms with E-state index in [2.05, 4.69) is 0 Å². The van der Waals surface area contributed by atoms with Gasteiger partial charge in [0, 0.05) is 7.11 Å². The Morgan fingerprint density at radius 1 is 0.900 bits per heavy atom. The van der Waals surface area contributed by atoms with Gasteiger partial charge in [-0.05, 0) is 12.8 Å². The van der Waals surface area contributed by atoms with Crippen molar-refractivity contribution in [3.63, 3.8) is 0 Å². The predicted octanol–water partition coefficient (Wildman–Crippen LogP) is 2.91. The lowest BCUT2D eigenvalue weighted by Gasteiger charge is -2.16. The van der Waals surface area contributed by atoms with Crippen molar-refractivity contribution in [1.82, 2.24) is 0 Å². The quantitative estimate of drug-likeness (QED) is 0.545. The zero-order chi connectivity index (χ0) is 7.23. The van der Waals surface area contributed by atoms with Gasteiger partial charge in [0.15, 0.2) is 0 Å². The van der Waals surface area contributed by atoms with E-state index in [0.717, 1.165) is 0 Å². The molecule has 0 aromatic rings. The lowest BCUT2D eigenvalue weighted by atomic mass is 9.99. The van der Waals surface area contributed by atoms with Crippen LogP contribution in [-0.2, 0) is 4.74 Å². The third kappa shape index (κ3) is 2.70. The van der Waals surface area contributed by atoms with Gasteiger partial charge in [-0.1, -0.05) is 32.1 Å². The summed E-state index contributed by atoms with van der Waals surface area (Å²) in [5.41, 5.74) is 0. The first-order valence-electron chi connectivity index (χ1n) is 4.32. The summed E-state index contributed by atoms with van der Waals surface area (Å²) in [6.07, 6.45) is 10.6. The molecular weight excluding hydrogens is 124 g/mol. The van der Waals surface area contributed by atoms with Gasteiger partial charge in [-0.15, -0.1) is 0 Å². The molecule has 0 heterocycles. The Morgan fingerprint density at radius 3 is 1.90 bits per heavy atom. The first-order chi connectivity index (χ1) is 4.93. The Hall–Kier alpha value is -0.0400. The molecule has 59 valence electrons. The second-order valence-electron chi connectivity index (χ2n) is 3.01. The van der Waals surface area contributed by atoms with E-state index in [4.69, 9.17) is 4.74 Å². The van der Waals surface area contributed by atoms with Crippen molar-refractivity contribution < 1.29 is 4.74 Å². The van der Waals surface area contributed by atoms with E-state index in [1.807, 2.05) is 0 Å². The van der Waals surface area contributed by atoms with Crippen LogP contribution in [0, 0.1) is 6.10 Å². The van der Waals surface area contributed by atoms with Crippen molar-refractivity contribution in [2.24, 2.45) is 0 Å². The minimum absolute atomic E-state index is 1.20. The highest BCUT2D eigenvalue weighted by Gasteiger charge is 2.09. The third-order valence-electron chi connectivity index (χ3n) is 2.20. The van der Waals surface area contributed by atoms with E-state index in [1.54, 1.807) is 7.11 Å². The van der Waals surface area contributed by atoms with Gasteiger partial charge in [0.1, 0.15) is 0 Å². The highest BCUT2D eigenvalue weighted by molar-refractivity contribution is 4.78. The Morgan fingerprint density at radius 2 is 1.40 bits per heavy atom. The van der Waals surface area contributed by atoms with Crippen LogP contribution in [0.3, 0.4) is 0 Å². The highest BCUT2D eigenvalue weighted by Crippen LogP contribution is 2.23. The molecule has 1 aliphatic carbocycles. The SMILES string of the molecule is CO[C]1CCCCCCC1. The number of hydrogen-bond donors (Lipinski definition) is 0. The van der Waals surface area contributed by atoms with E-state index in [9.17, 15) is 0 Å². The van der Waals surface area contributed by atoms with Gasteiger partial charge in [-0.3, -0.25) is 0 Å². The van der Waals surface area contributed by atoms with Gasteiger partial charge in [-0.25, -0.2) is 0 Å². The van der Waals surface area contributed by atoms with Crippen molar-refractivity contribution in [2.75, 3.05) is 7.11 Å². The summed E-state index contributed by atoms with van der Waals surface area (Å²) in [6.45, 7) is 0. The fourth-order valence-corrected chi connectivity index (χ4v) is 1.50. The molecule has 1 fully saturated rings. The van der Waals surface area contributed by atoms with Gasteiger partial charge in [-0.2, -0.15) is 0 Å². The van der Waals surface area contributed by atoms with Gasteiger partial charge >= 0.3 is 0 Å². The second-order valence-corrected chi connectivity index (χ2v) is 3.01. The van der Waals surface area contributed by atoms with Crippen molar-refractivity contribution >= 4 is 0 Å². The van der Waals surface area contributed by atoms with E-state index in [1.165, 1.54) is 51.0 Å². The van der Waals surface area contributed by atoms with Crippen molar-refractivity contribution in [3.8, 4) is 0 Å². The fraction of sp³-hybridized carbons (Fsp3) is 0.889. The molecule has 10 heavy (non-hydrogen) atoms. The highest BCUT2D eigenvalue weighted by atomic mass is 16.5. The van der Waals surface area contributed by atoms with Crippen molar-refractivity contribution in [3.05, 3.63) is 6.10 Å². The minimum atomic E-state index is 1.20. The Kier molecular flexibility index (Phi) is 3.81. The number of methoxy groups -OCH3 is 1. The second kappa shape index (κ2) is 4.73. The fourth-order valence-electron chi connectivity index (χ4n) is 1.50. The van der Waals surface area contributed by atoms with Crippen molar-refractivity contribution in [1.29, 1.82) is 0 Å². The summed E-state index contributed by atoms with van der Waals surface area (Å²) in [6, 6.07) is 0. The maximum Gasteiger partial charge on any atom is 0.0966 e. The van der Waals surface area contributed by atoms with Crippen LogP contribution in [0.1, 0.15) is 44.9 Å². The average Bonchev–Trinajstić information content (AvgIpc) is 1.87. The molecule has 0 aliphatic heterocycles. The van der Waals surface area contributed by atoms with E-state index in [-0.39, 0.29) is 0 Å². The molecular formula is C9H17O. The summed E-state index contributed by atoms with van der Waals surface area (Å²) < 4.78 is 5.24. The molecule has 1 aliphatic rings. The lowest BCUT2D eigenvalue weighted by Crippen LogP contribution is -2.02. The molecule has 1 saturated carbocycles. The van der Waals surface area contributed by atoms with Crippen LogP contribution >= 0.6 is 0 Å². The van der Waals surface area contributed by atoms with Crippen LogP contribution in [0.5, 0.6) is 0 Å². The summed E-state index contributed by atoms with van der Waals surface area (Å²) in [5.74, 6) is 0. The van der Waals surface area contributed by atoms with Crippen LogP contribution in [0.4, 0.5) is 0 Å². The molecule has 1 radical (unpaired) electrons. The molecule has 0 bridgehead atoms. The number of rotatable bonds is 1. The largest absolute Gasteiger partial charge is 0.375 e. The van der Waals surface area contributed by atoms with E-state index >= 15 is 0 Å². The lowest BCUT2D eigenvalue weighted by molar-refractivity contribution is 0.174. The molecule has 0 N–H and O–H groups in total. The Labute approximate surface area is 63.8 Å². The number of hydrogen-bond acceptors (Lipinski definition) is 1. The molecule has 0 atom stereocenters. The minimum Gasteiger partial charge on any atom is -0.375 e. The standard InChI is InChI=1S/C9H17O/c1-10-9-7-5-3-2-4-6-8-9/h2-8H2,1H3. The molecule has 1 nitrogen and oxygen atoms in total. The maximum absolute atomic E-state index is 5.24. The molecule has 0 spiro atoms. The zero-order valence-corrected chi connectivity index (χ0v) is 6.86. The Bertz CT molecular complexity index is 72.8.